The predicted molar refractivity (Wildman–Crippen MR) is 86.4 cm³/mol. The van der Waals surface area contributed by atoms with E-state index in [1.165, 1.54) is 0 Å². The molecule has 0 spiro atoms. The summed E-state index contributed by atoms with van der Waals surface area (Å²) in [6.45, 7) is 2.32. The molecular weight excluding hydrogens is 282 g/mol. The third-order valence-corrected chi connectivity index (χ3v) is 4.31. The number of amides is 1. The van der Waals surface area contributed by atoms with E-state index < -0.39 is 0 Å². The highest BCUT2D eigenvalue weighted by Crippen LogP contribution is 2.21. The predicted octanol–water partition coefficient (Wildman–Crippen LogP) is 3.12. The van der Waals surface area contributed by atoms with Crippen LogP contribution in [0.25, 0.3) is 10.2 Å². The van der Waals surface area contributed by atoms with Gasteiger partial charge in [-0.25, -0.2) is 4.98 Å². The van der Waals surface area contributed by atoms with Crippen molar-refractivity contribution in [2.45, 2.75) is 13.5 Å². The number of fused-ring (bicyclic) bond motifs is 1. The highest BCUT2D eigenvalue weighted by atomic mass is 32.1. The van der Waals surface area contributed by atoms with Crippen molar-refractivity contribution in [3.05, 3.63) is 58.6 Å². The van der Waals surface area contributed by atoms with Gasteiger partial charge in [-0.15, -0.1) is 11.3 Å². The molecule has 0 radical (unpaired) electrons. The van der Waals surface area contributed by atoms with Gasteiger partial charge in [0.15, 0.2) is 0 Å². The lowest BCUT2D eigenvalue weighted by Gasteiger charge is -2.05. The molecule has 0 unspecified atom stereocenters. The van der Waals surface area contributed by atoms with E-state index in [4.69, 9.17) is 5.73 Å². The fraction of sp³-hybridized carbons (Fsp3) is 0.125. The second-order valence-corrected chi connectivity index (χ2v) is 5.94. The van der Waals surface area contributed by atoms with Crippen LogP contribution in [0.2, 0.25) is 0 Å². The van der Waals surface area contributed by atoms with Gasteiger partial charge in [-0.1, -0.05) is 12.1 Å². The standard InChI is InChI=1S/C16H15N3OS/c1-10-8-11(6-7-12(10)17)16(20)18-9-15-19-13-4-2-3-5-14(13)21-15/h2-8H,9,17H2,1H3,(H,18,20). The Morgan fingerprint density at radius 2 is 2.10 bits per heavy atom. The zero-order valence-corrected chi connectivity index (χ0v) is 12.4. The largest absolute Gasteiger partial charge is 0.399 e. The average molecular weight is 297 g/mol. The smallest absolute Gasteiger partial charge is 0.251 e. The number of thiazole rings is 1. The second-order valence-electron chi connectivity index (χ2n) is 4.83. The van der Waals surface area contributed by atoms with Gasteiger partial charge in [0.25, 0.3) is 5.91 Å². The van der Waals surface area contributed by atoms with E-state index in [-0.39, 0.29) is 5.91 Å². The third-order valence-electron chi connectivity index (χ3n) is 3.27. The van der Waals surface area contributed by atoms with Crippen LogP contribution in [-0.4, -0.2) is 10.9 Å². The van der Waals surface area contributed by atoms with Gasteiger partial charge in [-0.2, -0.15) is 0 Å². The molecule has 0 aliphatic carbocycles. The van der Waals surface area contributed by atoms with E-state index in [9.17, 15) is 4.79 Å². The number of para-hydroxylation sites is 1. The van der Waals surface area contributed by atoms with Crippen LogP contribution >= 0.6 is 11.3 Å². The minimum absolute atomic E-state index is 0.114. The maximum Gasteiger partial charge on any atom is 0.251 e. The number of carbonyl (C=O) groups excluding carboxylic acids is 1. The molecule has 0 bridgehead atoms. The van der Waals surface area contributed by atoms with Crippen LogP contribution in [0.1, 0.15) is 20.9 Å². The molecule has 3 aromatic rings. The van der Waals surface area contributed by atoms with E-state index in [1.54, 1.807) is 29.5 Å². The van der Waals surface area contributed by atoms with Crippen LogP contribution in [0.15, 0.2) is 42.5 Å². The first-order valence-electron chi connectivity index (χ1n) is 6.62. The number of aromatic nitrogens is 1. The number of hydrogen-bond acceptors (Lipinski definition) is 4. The summed E-state index contributed by atoms with van der Waals surface area (Å²) < 4.78 is 1.13. The lowest BCUT2D eigenvalue weighted by atomic mass is 10.1. The van der Waals surface area contributed by atoms with Gasteiger partial charge in [0.2, 0.25) is 0 Å². The fourth-order valence-corrected chi connectivity index (χ4v) is 2.98. The van der Waals surface area contributed by atoms with Crippen LogP contribution in [0.3, 0.4) is 0 Å². The molecule has 1 amide bonds. The number of hydrogen-bond donors (Lipinski definition) is 2. The summed E-state index contributed by atoms with van der Waals surface area (Å²) in [5.41, 5.74) is 8.94. The molecule has 3 rings (SSSR count). The Labute approximate surface area is 126 Å². The molecule has 4 nitrogen and oxygen atoms in total. The van der Waals surface area contributed by atoms with Crippen molar-refractivity contribution in [3.63, 3.8) is 0 Å². The number of aryl methyl sites for hydroxylation is 1. The second kappa shape index (κ2) is 5.54. The Kier molecular flexibility index (Phi) is 3.58. The van der Waals surface area contributed by atoms with Gasteiger partial charge in [0.1, 0.15) is 5.01 Å². The first kappa shape index (κ1) is 13.6. The molecule has 21 heavy (non-hydrogen) atoms. The number of nitrogens with zero attached hydrogens (tertiary/aromatic N) is 1. The van der Waals surface area contributed by atoms with Gasteiger partial charge < -0.3 is 11.1 Å². The summed E-state index contributed by atoms with van der Waals surface area (Å²) in [4.78, 5) is 16.6. The van der Waals surface area contributed by atoms with Gasteiger partial charge in [-0.05, 0) is 42.8 Å². The minimum Gasteiger partial charge on any atom is -0.399 e. The zero-order valence-electron chi connectivity index (χ0n) is 11.6. The average Bonchev–Trinajstić information content (AvgIpc) is 2.90. The molecule has 1 heterocycles. The van der Waals surface area contributed by atoms with Gasteiger partial charge >= 0.3 is 0 Å². The Morgan fingerprint density at radius 1 is 1.29 bits per heavy atom. The van der Waals surface area contributed by atoms with Crippen molar-refractivity contribution in [2.75, 3.05) is 5.73 Å². The number of carbonyl (C=O) groups is 1. The molecule has 1 aromatic heterocycles. The SMILES string of the molecule is Cc1cc(C(=O)NCc2nc3ccccc3s2)ccc1N. The van der Waals surface area contributed by atoms with E-state index in [0.717, 1.165) is 20.8 Å². The number of nitrogens with one attached hydrogen (secondary N) is 1. The number of benzene rings is 2. The van der Waals surface area contributed by atoms with Crippen molar-refractivity contribution in [1.29, 1.82) is 0 Å². The summed E-state index contributed by atoms with van der Waals surface area (Å²) in [6, 6.07) is 13.2. The molecule has 0 atom stereocenters. The number of anilines is 1. The van der Waals surface area contributed by atoms with E-state index in [0.29, 0.717) is 17.8 Å². The fourth-order valence-electron chi connectivity index (χ4n) is 2.07. The lowest BCUT2D eigenvalue weighted by molar-refractivity contribution is 0.0951. The number of rotatable bonds is 3. The Morgan fingerprint density at radius 3 is 2.86 bits per heavy atom. The van der Waals surface area contributed by atoms with Crippen LogP contribution in [0.5, 0.6) is 0 Å². The normalized spacial score (nSPS) is 10.7. The molecule has 0 aliphatic rings. The molecule has 0 fully saturated rings. The van der Waals surface area contributed by atoms with Crippen molar-refractivity contribution >= 4 is 33.1 Å². The summed E-state index contributed by atoms with van der Waals surface area (Å²) in [5.74, 6) is -0.114. The van der Waals surface area contributed by atoms with Crippen molar-refractivity contribution in [2.24, 2.45) is 0 Å². The monoisotopic (exact) mass is 297 g/mol. The molecule has 106 valence electrons. The van der Waals surface area contributed by atoms with E-state index >= 15 is 0 Å². The summed E-state index contributed by atoms with van der Waals surface area (Å²) in [7, 11) is 0. The molecular formula is C16H15N3OS. The summed E-state index contributed by atoms with van der Waals surface area (Å²) in [6.07, 6.45) is 0. The lowest BCUT2D eigenvalue weighted by Crippen LogP contribution is -2.22. The first-order valence-corrected chi connectivity index (χ1v) is 7.44. The zero-order chi connectivity index (χ0) is 14.8. The topological polar surface area (TPSA) is 68.0 Å². The highest BCUT2D eigenvalue weighted by molar-refractivity contribution is 7.18. The van der Waals surface area contributed by atoms with E-state index in [1.807, 2.05) is 31.2 Å². The Balaban J connectivity index is 1.71. The van der Waals surface area contributed by atoms with Crippen LogP contribution in [0.4, 0.5) is 5.69 Å². The van der Waals surface area contributed by atoms with Crippen LogP contribution in [0, 0.1) is 6.92 Å². The maximum absolute atomic E-state index is 12.1. The number of nitrogen functional groups attached to an aromatic ring is 1. The number of nitrogens with two attached hydrogens (primary N) is 1. The molecule has 5 heteroatoms. The quantitative estimate of drug-likeness (QED) is 0.730. The molecule has 2 aromatic carbocycles. The third kappa shape index (κ3) is 2.87. The van der Waals surface area contributed by atoms with Crippen molar-refractivity contribution in [1.82, 2.24) is 10.3 Å². The van der Waals surface area contributed by atoms with Crippen molar-refractivity contribution in [3.8, 4) is 0 Å². The minimum atomic E-state index is -0.114. The van der Waals surface area contributed by atoms with Gasteiger partial charge in [0.05, 0.1) is 16.8 Å². The Hall–Kier alpha value is -2.40. The van der Waals surface area contributed by atoms with Gasteiger partial charge in [0, 0.05) is 11.3 Å². The molecule has 0 aliphatic heterocycles. The van der Waals surface area contributed by atoms with Crippen molar-refractivity contribution < 1.29 is 4.79 Å². The molecule has 3 N–H and O–H groups in total. The van der Waals surface area contributed by atoms with Crippen LogP contribution in [-0.2, 0) is 6.54 Å². The molecule has 0 saturated carbocycles. The maximum atomic E-state index is 12.1. The molecule has 0 saturated heterocycles. The summed E-state index contributed by atoms with van der Waals surface area (Å²) >= 11 is 1.59. The Bertz CT molecular complexity index is 777. The van der Waals surface area contributed by atoms with E-state index in [2.05, 4.69) is 10.3 Å². The van der Waals surface area contributed by atoms with Crippen LogP contribution < -0.4 is 11.1 Å². The first-order chi connectivity index (χ1) is 10.1. The highest BCUT2D eigenvalue weighted by Gasteiger charge is 2.08. The van der Waals surface area contributed by atoms with Gasteiger partial charge in [-0.3, -0.25) is 4.79 Å². The summed E-state index contributed by atoms with van der Waals surface area (Å²) in [5, 5.41) is 3.79.